The van der Waals surface area contributed by atoms with Gasteiger partial charge in [0.25, 0.3) is 0 Å². The number of thiazole rings is 1. The number of primary amides is 1. The number of benzene rings is 1. The van der Waals surface area contributed by atoms with Crippen molar-refractivity contribution >= 4 is 29.2 Å². The molecule has 0 saturated carbocycles. The van der Waals surface area contributed by atoms with E-state index in [4.69, 9.17) is 5.73 Å². The normalized spacial score (nSPS) is 10.7. The fourth-order valence-electron chi connectivity index (χ4n) is 1.88. The molecule has 0 aliphatic carbocycles. The van der Waals surface area contributed by atoms with Gasteiger partial charge in [0, 0.05) is 37.2 Å². The Morgan fingerprint density at radius 2 is 2.05 bits per heavy atom. The topological polar surface area (TPSA) is 76.3 Å². The van der Waals surface area contributed by atoms with Crippen molar-refractivity contribution in [1.82, 2.24) is 9.88 Å². The van der Waals surface area contributed by atoms with Gasteiger partial charge >= 0.3 is 0 Å². The number of amides is 2. The van der Waals surface area contributed by atoms with Crippen molar-refractivity contribution in [1.29, 1.82) is 0 Å². The van der Waals surface area contributed by atoms with E-state index in [0.29, 0.717) is 13.1 Å². The Balaban J connectivity index is 2.05. The summed E-state index contributed by atoms with van der Waals surface area (Å²) in [6.45, 7) is 0.737. The van der Waals surface area contributed by atoms with E-state index < -0.39 is 5.91 Å². The molecule has 0 bridgehead atoms. The highest BCUT2D eigenvalue weighted by molar-refractivity contribution is 7.10. The third-order valence-electron chi connectivity index (χ3n) is 2.98. The standard InChI is InChI=1S/C16H17N3O2S/c17-14(20)8-10-19(12-13-4-2-1-3-5-13)16(21)7-6-15-18-9-11-22-15/h1-7,9,11H,8,10,12H2,(H2,17,20)/b7-6-. The van der Waals surface area contributed by atoms with Gasteiger partial charge in [0.2, 0.25) is 11.8 Å². The Labute approximate surface area is 133 Å². The van der Waals surface area contributed by atoms with E-state index in [-0.39, 0.29) is 12.3 Å². The molecule has 2 amide bonds. The van der Waals surface area contributed by atoms with E-state index >= 15 is 0 Å². The first-order valence-corrected chi connectivity index (χ1v) is 7.72. The molecular weight excluding hydrogens is 298 g/mol. The molecule has 22 heavy (non-hydrogen) atoms. The average Bonchev–Trinajstić information content (AvgIpc) is 3.03. The molecule has 0 saturated heterocycles. The largest absolute Gasteiger partial charge is 0.370 e. The number of hydrogen-bond donors (Lipinski definition) is 1. The molecule has 114 valence electrons. The molecule has 0 spiro atoms. The van der Waals surface area contributed by atoms with Crippen molar-refractivity contribution in [3.63, 3.8) is 0 Å². The van der Waals surface area contributed by atoms with E-state index in [2.05, 4.69) is 4.98 Å². The van der Waals surface area contributed by atoms with Crippen LogP contribution in [0.2, 0.25) is 0 Å². The van der Waals surface area contributed by atoms with Gasteiger partial charge in [-0.2, -0.15) is 0 Å². The maximum atomic E-state index is 12.3. The summed E-state index contributed by atoms with van der Waals surface area (Å²) in [5.74, 6) is -0.588. The van der Waals surface area contributed by atoms with Gasteiger partial charge in [0.05, 0.1) is 0 Å². The van der Waals surface area contributed by atoms with Crippen molar-refractivity contribution in [3.8, 4) is 0 Å². The Kier molecular flexibility index (Phi) is 5.85. The monoisotopic (exact) mass is 315 g/mol. The molecule has 0 fully saturated rings. The van der Waals surface area contributed by atoms with Crippen LogP contribution in [0.5, 0.6) is 0 Å². The number of aromatic nitrogens is 1. The lowest BCUT2D eigenvalue weighted by atomic mass is 10.2. The summed E-state index contributed by atoms with van der Waals surface area (Å²) in [6, 6.07) is 9.63. The Morgan fingerprint density at radius 3 is 2.68 bits per heavy atom. The van der Waals surface area contributed by atoms with Crippen molar-refractivity contribution in [2.24, 2.45) is 5.73 Å². The minimum atomic E-state index is -0.422. The van der Waals surface area contributed by atoms with E-state index in [9.17, 15) is 9.59 Å². The lowest BCUT2D eigenvalue weighted by Gasteiger charge is -2.20. The molecule has 6 heteroatoms. The second-order valence-corrected chi connectivity index (χ2v) is 5.59. The van der Waals surface area contributed by atoms with Crippen molar-refractivity contribution in [2.75, 3.05) is 6.54 Å². The van der Waals surface area contributed by atoms with E-state index in [1.54, 1.807) is 17.2 Å². The average molecular weight is 315 g/mol. The zero-order chi connectivity index (χ0) is 15.8. The fourth-order valence-corrected chi connectivity index (χ4v) is 2.41. The van der Waals surface area contributed by atoms with Crippen LogP contribution in [0.4, 0.5) is 0 Å². The summed E-state index contributed by atoms with van der Waals surface area (Å²) in [5.41, 5.74) is 6.18. The predicted octanol–water partition coefficient (Wildman–Crippen LogP) is 2.06. The van der Waals surface area contributed by atoms with Gasteiger partial charge in [0.15, 0.2) is 0 Å². The molecule has 2 aromatic rings. The molecule has 1 aromatic carbocycles. The SMILES string of the molecule is NC(=O)CCN(Cc1ccccc1)C(=O)/C=C\c1nccs1. The summed E-state index contributed by atoms with van der Waals surface area (Å²) >= 11 is 1.46. The van der Waals surface area contributed by atoms with Crippen LogP contribution in [0.25, 0.3) is 6.08 Å². The van der Waals surface area contributed by atoms with Crippen LogP contribution in [0.3, 0.4) is 0 Å². The van der Waals surface area contributed by atoms with E-state index in [1.165, 1.54) is 17.4 Å². The molecule has 0 radical (unpaired) electrons. The third kappa shape index (κ3) is 5.14. The lowest BCUT2D eigenvalue weighted by Crippen LogP contribution is -2.32. The molecule has 0 unspecified atom stereocenters. The smallest absolute Gasteiger partial charge is 0.246 e. The number of carbonyl (C=O) groups excluding carboxylic acids is 2. The highest BCUT2D eigenvalue weighted by atomic mass is 32.1. The summed E-state index contributed by atoms with van der Waals surface area (Å²) < 4.78 is 0. The Hall–Kier alpha value is -2.47. The van der Waals surface area contributed by atoms with Gasteiger partial charge in [-0.05, 0) is 11.6 Å². The molecule has 2 N–H and O–H groups in total. The minimum absolute atomic E-state index is 0.143. The second kappa shape index (κ2) is 8.09. The minimum Gasteiger partial charge on any atom is -0.370 e. The molecule has 5 nitrogen and oxygen atoms in total. The van der Waals surface area contributed by atoms with E-state index in [1.807, 2.05) is 35.7 Å². The molecular formula is C16H17N3O2S. The first kappa shape index (κ1) is 15.9. The summed E-state index contributed by atoms with van der Waals surface area (Å²) in [7, 11) is 0. The van der Waals surface area contributed by atoms with Crippen LogP contribution in [0.1, 0.15) is 17.0 Å². The van der Waals surface area contributed by atoms with Crippen LogP contribution in [-0.4, -0.2) is 28.2 Å². The highest BCUT2D eigenvalue weighted by Crippen LogP contribution is 2.09. The zero-order valence-electron chi connectivity index (χ0n) is 12.0. The summed E-state index contributed by atoms with van der Waals surface area (Å²) in [4.78, 5) is 29.0. The number of nitrogens with two attached hydrogens (primary N) is 1. The molecule has 0 aliphatic heterocycles. The molecule has 1 aromatic heterocycles. The maximum Gasteiger partial charge on any atom is 0.246 e. The van der Waals surface area contributed by atoms with Gasteiger partial charge in [-0.3, -0.25) is 9.59 Å². The van der Waals surface area contributed by atoms with Crippen LogP contribution in [0.15, 0.2) is 48.0 Å². The third-order valence-corrected chi connectivity index (χ3v) is 3.72. The number of rotatable bonds is 7. The van der Waals surface area contributed by atoms with Crippen molar-refractivity contribution in [2.45, 2.75) is 13.0 Å². The van der Waals surface area contributed by atoms with Crippen LogP contribution in [0, 0.1) is 0 Å². The molecule has 1 heterocycles. The predicted molar refractivity (Wildman–Crippen MR) is 86.8 cm³/mol. The van der Waals surface area contributed by atoms with Crippen LogP contribution in [-0.2, 0) is 16.1 Å². The zero-order valence-corrected chi connectivity index (χ0v) is 12.8. The molecule has 0 aliphatic rings. The highest BCUT2D eigenvalue weighted by Gasteiger charge is 2.12. The fraction of sp³-hybridized carbons (Fsp3) is 0.188. The first-order chi connectivity index (χ1) is 10.6. The number of hydrogen-bond acceptors (Lipinski definition) is 4. The first-order valence-electron chi connectivity index (χ1n) is 6.84. The molecule has 2 rings (SSSR count). The Morgan fingerprint density at radius 1 is 1.27 bits per heavy atom. The van der Waals surface area contributed by atoms with Gasteiger partial charge in [0.1, 0.15) is 5.01 Å². The lowest BCUT2D eigenvalue weighted by molar-refractivity contribution is -0.127. The van der Waals surface area contributed by atoms with E-state index in [0.717, 1.165) is 10.6 Å². The van der Waals surface area contributed by atoms with Gasteiger partial charge < -0.3 is 10.6 Å². The Bertz CT molecular complexity index is 639. The quantitative estimate of drug-likeness (QED) is 0.795. The van der Waals surface area contributed by atoms with Gasteiger partial charge in [-0.1, -0.05) is 30.3 Å². The van der Waals surface area contributed by atoms with Gasteiger partial charge in [-0.15, -0.1) is 11.3 Å². The number of carbonyl (C=O) groups is 2. The summed E-state index contributed by atoms with van der Waals surface area (Å²) in [6.07, 6.45) is 4.98. The molecule has 0 atom stereocenters. The maximum absolute atomic E-state index is 12.3. The second-order valence-electron chi connectivity index (χ2n) is 4.67. The van der Waals surface area contributed by atoms with Crippen molar-refractivity contribution in [3.05, 3.63) is 58.6 Å². The van der Waals surface area contributed by atoms with Crippen molar-refractivity contribution < 1.29 is 9.59 Å². The van der Waals surface area contributed by atoms with Crippen LogP contribution < -0.4 is 5.73 Å². The van der Waals surface area contributed by atoms with Gasteiger partial charge in [-0.25, -0.2) is 4.98 Å². The number of nitrogens with zero attached hydrogens (tertiary/aromatic N) is 2. The summed E-state index contributed by atoms with van der Waals surface area (Å²) in [5, 5.41) is 2.61. The van der Waals surface area contributed by atoms with Crippen LogP contribution >= 0.6 is 11.3 Å².